The summed E-state index contributed by atoms with van der Waals surface area (Å²) in [4.78, 5) is 50.7. The maximum absolute atomic E-state index is 13.1. The number of carbonyl (C=O) groups is 4. The zero-order valence-corrected chi connectivity index (χ0v) is 17.2. The minimum absolute atomic E-state index is 0.0909. The third-order valence-corrected chi connectivity index (χ3v) is 6.08. The highest BCUT2D eigenvalue weighted by atomic mass is 16.5. The van der Waals surface area contributed by atoms with Crippen LogP contribution >= 0.6 is 0 Å². The number of aromatic hydroxyl groups is 2. The molecule has 0 heterocycles. The molecule has 9 nitrogen and oxygen atoms in total. The Bertz CT molecular complexity index is 1210. The topological polar surface area (TPSA) is 158 Å². The summed E-state index contributed by atoms with van der Waals surface area (Å²) in [5, 5.41) is 43.0. The van der Waals surface area contributed by atoms with Crippen molar-refractivity contribution in [3.8, 4) is 11.5 Å². The number of fused-ring (bicyclic) bond motifs is 3. The molecule has 0 amide bonds. The van der Waals surface area contributed by atoms with Crippen molar-refractivity contribution >= 4 is 23.3 Å². The molecule has 0 spiro atoms. The molecule has 2 aromatic rings. The molecule has 0 bridgehead atoms. The largest absolute Gasteiger partial charge is 0.507 e. The first-order valence-electron chi connectivity index (χ1n) is 9.80. The average molecular weight is 440 g/mol. The first-order chi connectivity index (χ1) is 15.0. The Balaban J connectivity index is 2.02. The normalized spacial score (nSPS) is 23.8. The zero-order valence-electron chi connectivity index (χ0n) is 17.2. The van der Waals surface area contributed by atoms with E-state index >= 15 is 0 Å². The molecule has 2 aromatic carbocycles. The lowest BCUT2D eigenvalue weighted by molar-refractivity contribution is -0.154. The van der Waals surface area contributed by atoms with Crippen LogP contribution < -0.4 is 0 Å². The van der Waals surface area contributed by atoms with Gasteiger partial charge in [0.25, 0.3) is 0 Å². The lowest BCUT2D eigenvalue weighted by Crippen LogP contribution is -2.47. The van der Waals surface area contributed by atoms with Gasteiger partial charge < -0.3 is 25.2 Å². The van der Waals surface area contributed by atoms with Gasteiger partial charge in [-0.1, -0.05) is 12.1 Å². The molecule has 4 N–H and O–H groups in total. The van der Waals surface area contributed by atoms with E-state index < -0.39 is 70.8 Å². The van der Waals surface area contributed by atoms with E-state index in [0.29, 0.717) is 0 Å². The van der Waals surface area contributed by atoms with E-state index in [1.807, 2.05) is 0 Å². The quantitative estimate of drug-likeness (QED) is 0.440. The number of esters is 1. The van der Waals surface area contributed by atoms with E-state index in [1.165, 1.54) is 25.1 Å². The van der Waals surface area contributed by atoms with Gasteiger partial charge in [0.05, 0.1) is 29.9 Å². The summed E-state index contributed by atoms with van der Waals surface area (Å²) < 4.78 is 4.80. The number of ketones is 3. The van der Waals surface area contributed by atoms with Crippen molar-refractivity contribution in [3.63, 3.8) is 0 Å². The molecule has 3 atom stereocenters. The number of rotatable bonds is 3. The van der Waals surface area contributed by atoms with Crippen LogP contribution in [0.5, 0.6) is 11.5 Å². The van der Waals surface area contributed by atoms with Gasteiger partial charge in [0.15, 0.2) is 5.78 Å². The van der Waals surface area contributed by atoms with Gasteiger partial charge in [-0.25, -0.2) is 0 Å². The summed E-state index contributed by atoms with van der Waals surface area (Å²) in [5.41, 5.74) is -3.40. The van der Waals surface area contributed by atoms with Gasteiger partial charge in [-0.2, -0.15) is 0 Å². The van der Waals surface area contributed by atoms with Crippen molar-refractivity contribution in [1.82, 2.24) is 0 Å². The van der Waals surface area contributed by atoms with E-state index in [1.54, 1.807) is 0 Å². The fraction of sp³-hybridized carbons (Fsp3) is 0.304. The Morgan fingerprint density at radius 2 is 1.81 bits per heavy atom. The summed E-state index contributed by atoms with van der Waals surface area (Å²) in [6, 6.07) is 5.11. The Kier molecular flexibility index (Phi) is 4.91. The van der Waals surface area contributed by atoms with Crippen molar-refractivity contribution in [1.29, 1.82) is 0 Å². The van der Waals surface area contributed by atoms with Crippen LogP contribution in [0.15, 0.2) is 24.3 Å². The van der Waals surface area contributed by atoms with Gasteiger partial charge in [-0.05, 0) is 24.6 Å². The molecule has 0 aliphatic heterocycles. The van der Waals surface area contributed by atoms with Crippen molar-refractivity contribution in [2.45, 2.75) is 37.4 Å². The standard InChI is InChI=1S/C23H20O9/c1-9(24)7-23(31)8-14(26)16-11(18(23)22(30)32-2)6-12-17(21(16)29)20(28)15-10(19(12)27)4-3-5-13(15)25/h3-6,14,18,25-26,29,31H,7-8H2,1-2H3/t14-,18+,23+/m0/s1. The number of hydrogen-bond acceptors (Lipinski definition) is 9. The van der Waals surface area contributed by atoms with E-state index in [-0.39, 0.29) is 27.8 Å². The zero-order chi connectivity index (χ0) is 23.5. The smallest absolute Gasteiger partial charge is 0.316 e. The van der Waals surface area contributed by atoms with E-state index in [0.717, 1.165) is 13.2 Å². The molecule has 0 saturated heterocycles. The number of methoxy groups -OCH3 is 1. The number of phenols is 2. The van der Waals surface area contributed by atoms with E-state index in [2.05, 4.69) is 0 Å². The summed E-state index contributed by atoms with van der Waals surface area (Å²) in [5.74, 6) is -5.56. The maximum Gasteiger partial charge on any atom is 0.316 e. The Morgan fingerprint density at radius 1 is 1.12 bits per heavy atom. The van der Waals surface area contributed by atoms with Gasteiger partial charge in [0, 0.05) is 29.5 Å². The number of hydrogen-bond donors (Lipinski definition) is 4. The fourth-order valence-corrected chi connectivity index (χ4v) is 4.85. The second kappa shape index (κ2) is 7.25. The number of benzene rings is 2. The van der Waals surface area contributed by atoms with Gasteiger partial charge in [0.1, 0.15) is 23.2 Å². The molecule has 0 saturated carbocycles. The number of Topliss-reactive ketones (excluding diaryl/α,β-unsaturated/α-hetero) is 1. The molecule has 9 heteroatoms. The fourth-order valence-electron chi connectivity index (χ4n) is 4.85. The van der Waals surface area contributed by atoms with Crippen LogP contribution in [-0.4, -0.2) is 56.5 Å². The highest BCUT2D eigenvalue weighted by Gasteiger charge is 2.52. The van der Waals surface area contributed by atoms with Crippen molar-refractivity contribution in [2.24, 2.45) is 0 Å². The highest BCUT2D eigenvalue weighted by molar-refractivity contribution is 6.30. The minimum atomic E-state index is -2.04. The third-order valence-electron chi connectivity index (χ3n) is 6.08. The third kappa shape index (κ3) is 2.93. The number of ether oxygens (including phenoxy) is 1. The van der Waals surface area contributed by atoms with Gasteiger partial charge in [-0.3, -0.25) is 19.2 Å². The number of phenolic OH excluding ortho intramolecular Hbond substituents is 2. The lowest BCUT2D eigenvalue weighted by Gasteiger charge is -2.42. The van der Waals surface area contributed by atoms with Crippen LogP contribution in [0.2, 0.25) is 0 Å². The first kappa shape index (κ1) is 21.7. The number of aliphatic hydroxyl groups is 2. The first-order valence-corrected chi connectivity index (χ1v) is 9.80. The SMILES string of the molecule is COC(=O)[C@H]1c2cc3c(c(O)c2[C@@H](O)C[C@]1(O)CC(C)=O)C(=O)c1c(O)cccc1C3=O. The highest BCUT2D eigenvalue weighted by Crippen LogP contribution is 2.52. The van der Waals surface area contributed by atoms with Gasteiger partial charge >= 0.3 is 5.97 Å². The lowest BCUT2D eigenvalue weighted by atomic mass is 9.66. The van der Waals surface area contributed by atoms with Crippen molar-refractivity contribution in [3.05, 3.63) is 57.6 Å². The van der Waals surface area contributed by atoms with Crippen LogP contribution in [0.4, 0.5) is 0 Å². The molecule has 166 valence electrons. The molecule has 2 aliphatic rings. The average Bonchev–Trinajstić information content (AvgIpc) is 2.70. The second-order valence-electron chi connectivity index (χ2n) is 8.17. The molecule has 32 heavy (non-hydrogen) atoms. The molecule has 4 rings (SSSR count). The summed E-state index contributed by atoms with van der Waals surface area (Å²) in [7, 11) is 1.08. The van der Waals surface area contributed by atoms with E-state index in [4.69, 9.17) is 4.74 Å². The molecular weight excluding hydrogens is 420 g/mol. The summed E-state index contributed by atoms with van der Waals surface area (Å²) in [6.45, 7) is 1.21. The molecule has 0 radical (unpaired) electrons. The van der Waals surface area contributed by atoms with Gasteiger partial charge in [0.2, 0.25) is 5.78 Å². The Labute approximate surface area is 181 Å². The van der Waals surface area contributed by atoms with Crippen LogP contribution in [0, 0.1) is 0 Å². The predicted molar refractivity (Wildman–Crippen MR) is 108 cm³/mol. The minimum Gasteiger partial charge on any atom is -0.507 e. The van der Waals surface area contributed by atoms with Crippen LogP contribution in [0.1, 0.15) is 74.8 Å². The summed E-state index contributed by atoms with van der Waals surface area (Å²) in [6.07, 6.45) is -2.52. The second-order valence-corrected chi connectivity index (χ2v) is 8.17. The molecule has 2 aliphatic carbocycles. The monoisotopic (exact) mass is 440 g/mol. The molecule has 0 aromatic heterocycles. The maximum atomic E-state index is 13.1. The van der Waals surface area contributed by atoms with E-state index in [9.17, 15) is 39.6 Å². The van der Waals surface area contributed by atoms with Crippen molar-refractivity contribution < 1.29 is 44.3 Å². The molecule has 0 fully saturated rings. The Hall–Kier alpha value is -3.56. The number of carbonyl (C=O) groups excluding carboxylic acids is 4. The van der Waals surface area contributed by atoms with Crippen LogP contribution in [0.25, 0.3) is 0 Å². The predicted octanol–water partition coefficient (Wildman–Crippen LogP) is 1.28. The van der Waals surface area contributed by atoms with Crippen LogP contribution in [-0.2, 0) is 14.3 Å². The number of aliphatic hydroxyl groups excluding tert-OH is 1. The van der Waals surface area contributed by atoms with Gasteiger partial charge in [-0.15, -0.1) is 0 Å². The molecular formula is C23H20O9. The van der Waals surface area contributed by atoms with Crippen LogP contribution in [0.3, 0.4) is 0 Å². The van der Waals surface area contributed by atoms with Crippen molar-refractivity contribution in [2.75, 3.05) is 7.11 Å². The summed E-state index contributed by atoms with van der Waals surface area (Å²) >= 11 is 0. The Morgan fingerprint density at radius 3 is 2.44 bits per heavy atom. The molecule has 0 unspecified atom stereocenters.